The van der Waals surface area contributed by atoms with Gasteiger partial charge in [-0.15, -0.1) is 0 Å². The van der Waals surface area contributed by atoms with E-state index in [1.807, 2.05) is 26.8 Å². The molecule has 0 aliphatic rings. The molecule has 0 atom stereocenters. The van der Waals surface area contributed by atoms with E-state index in [2.05, 4.69) is 0 Å². The third kappa shape index (κ3) is 2.76. The van der Waals surface area contributed by atoms with E-state index in [0.29, 0.717) is 16.0 Å². The highest BCUT2D eigenvalue weighted by molar-refractivity contribution is 7.89. The summed E-state index contributed by atoms with van der Waals surface area (Å²) in [5, 5.41) is 1.53. The Bertz CT molecular complexity index is 767. The molecular formula is C16H22N2O2S. The SMILES string of the molecule is CCC(C)(C)N(C)S(=O)(=O)c1cccc2cc(N)ccc12. The molecule has 0 aliphatic carbocycles. The van der Waals surface area contributed by atoms with E-state index in [9.17, 15) is 8.42 Å². The first kappa shape index (κ1) is 15.8. The van der Waals surface area contributed by atoms with Gasteiger partial charge in [0.15, 0.2) is 0 Å². The highest BCUT2D eigenvalue weighted by Gasteiger charge is 2.33. The fourth-order valence-corrected chi connectivity index (χ4v) is 3.98. The number of nitrogens with zero attached hydrogens (tertiary/aromatic N) is 1. The van der Waals surface area contributed by atoms with Gasteiger partial charge in [0.1, 0.15) is 0 Å². The highest BCUT2D eigenvalue weighted by Crippen LogP contribution is 2.30. The topological polar surface area (TPSA) is 63.4 Å². The second kappa shape index (κ2) is 5.31. The number of benzene rings is 2. The molecule has 0 saturated carbocycles. The van der Waals surface area contributed by atoms with Crippen LogP contribution in [-0.4, -0.2) is 25.3 Å². The van der Waals surface area contributed by atoms with Gasteiger partial charge in [-0.1, -0.05) is 25.1 Å². The molecular weight excluding hydrogens is 284 g/mol. The standard InChI is InChI=1S/C16H22N2O2S/c1-5-16(2,3)18(4)21(19,20)15-8-6-7-12-11-13(17)9-10-14(12)15/h6-11H,5,17H2,1-4H3. The van der Waals surface area contributed by atoms with Crippen LogP contribution in [0.15, 0.2) is 41.3 Å². The Balaban J connectivity index is 2.66. The molecule has 0 heterocycles. The first-order chi connectivity index (χ1) is 9.70. The largest absolute Gasteiger partial charge is 0.399 e. The maximum absolute atomic E-state index is 12.9. The van der Waals surface area contributed by atoms with Gasteiger partial charge in [0.25, 0.3) is 0 Å². The van der Waals surface area contributed by atoms with Crippen LogP contribution in [0.1, 0.15) is 27.2 Å². The van der Waals surface area contributed by atoms with Crippen molar-refractivity contribution >= 4 is 26.5 Å². The van der Waals surface area contributed by atoms with E-state index in [1.165, 1.54) is 4.31 Å². The molecule has 2 rings (SSSR count). The van der Waals surface area contributed by atoms with Crippen LogP contribution < -0.4 is 5.73 Å². The van der Waals surface area contributed by atoms with Crippen LogP contribution in [0.2, 0.25) is 0 Å². The maximum atomic E-state index is 12.9. The van der Waals surface area contributed by atoms with Crippen LogP contribution in [0.3, 0.4) is 0 Å². The van der Waals surface area contributed by atoms with Gasteiger partial charge in [-0.05, 0) is 43.9 Å². The van der Waals surface area contributed by atoms with Crippen LogP contribution in [0.5, 0.6) is 0 Å². The molecule has 0 bridgehead atoms. The average Bonchev–Trinajstić information content (AvgIpc) is 2.45. The highest BCUT2D eigenvalue weighted by atomic mass is 32.2. The van der Waals surface area contributed by atoms with E-state index in [0.717, 1.165) is 11.8 Å². The average molecular weight is 306 g/mol. The predicted molar refractivity (Wildman–Crippen MR) is 87.7 cm³/mol. The van der Waals surface area contributed by atoms with E-state index in [1.54, 1.807) is 37.4 Å². The number of hydrogen-bond donors (Lipinski definition) is 1. The number of nitrogen functional groups attached to an aromatic ring is 1. The monoisotopic (exact) mass is 306 g/mol. The van der Waals surface area contributed by atoms with Crippen molar-refractivity contribution in [3.63, 3.8) is 0 Å². The zero-order valence-corrected chi connectivity index (χ0v) is 13.7. The van der Waals surface area contributed by atoms with Gasteiger partial charge < -0.3 is 5.73 Å². The molecule has 21 heavy (non-hydrogen) atoms. The Morgan fingerprint density at radius 1 is 1.19 bits per heavy atom. The summed E-state index contributed by atoms with van der Waals surface area (Å²) in [4.78, 5) is 0.323. The molecule has 0 radical (unpaired) electrons. The first-order valence-corrected chi connectivity index (χ1v) is 8.41. The molecule has 0 spiro atoms. The lowest BCUT2D eigenvalue weighted by Crippen LogP contribution is -2.44. The van der Waals surface area contributed by atoms with Crippen molar-refractivity contribution in [3.05, 3.63) is 36.4 Å². The van der Waals surface area contributed by atoms with Crippen molar-refractivity contribution in [2.75, 3.05) is 12.8 Å². The van der Waals surface area contributed by atoms with Crippen molar-refractivity contribution in [1.29, 1.82) is 0 Å². The van der Waals surface area contributed by atoms with Crippen LogP contribution in [0.25, 0.3) is 10.8 Å². The van der Waals surface area contributed by atoms with Gasteiger partial charge in [-0.3, -0.25) is 0 Å². The van der Waals surface area contributed by atoms with Gasteiger partial charge >= 0.3 is 0 Å². The fourth-order valence-electron chi connectivity index (χ4n) is 2.19. The summed E-state index contributed by atoms with van der Waals surface area (Å²) >= 11 is 0. The van der Waals surface area contributed by atoms with Crippen LogP contribution in [0, 0.1) is 0 Å². The number of anilines is 1. The summed E-state index contributed by atoms with van der Waals surface area (Å²) in [6.07, 6.45) is 0.737. The van der Waals surface area contributed by atoms with Crippen LogP contribution in [0.4, 0.5) is 5.69 Å². The number of rotatable bonds is 4. The molecule has 2 N–H and O–H groups in total. The third-order valence-corrected chi connectivity index (χ3v) is 6.35. The number of fused-ring (bicyclic) bond motifs is 1. The minimum atomic E-state index is -3.56. The normalized spacial score (nSPS) is 13.0. The lowest BCUT2D eigenvalue weighted by molar-refractivity contribution is 0.257. The van der Waals surface area contributed by atoms with Crippen molar-refractivity contribution in [2.45, 2.75) is 37.6 Å². The summed E-state index contributed by atoms with van der Waals surface area (Å²) in [7, 11) is -1.92. The van der Waals surface area contributed by atoms with Crippen molar-refractivity contribution in [1.82, 2.24) is 4.31 Å². The minimum Gasteiger partial charge on any atom is -0.399 e. The van der Waals surface area contributed by atoms with E-state index >= 15 is 0 Å². The van der Waals surface area contributed by atoms with Crippen molar-refractivity contribution in [3.8, 4) is 0 Å². The Morgan fingerprint density at radius 3 is 2.48 bits per heavy atom. The molecule has 4 nitrogen and oxygen atoms in total. The summed E-state index contributed by atoms with van der Waals surface area (Å²) in [5.74, 6) is 0. The summed E-state index contributed by atoms with van der Waals surface area (Å²) in [6.45, 7) is 5.83. The maximum Gasteiger partial charge on any atom is 0.243 e. The Morgan fingerprint density at radius 2 is 1.86 bits per heavy atom. The van der Waals surface area contributed by atoms with Gasteiger partial charge in [0.2, 0.25) is 10.0 Å². The van der Waals surface area contributed by atoms with Crippen LogP contribution in [-0.2, 0) is 10.0 Å². The number of sulfonamides is 1. The molecule has 0 fully saturated rings. The molecule has 114 valence electrons. The third-order valence-electron chi connectivity index (χ3n) is 4.22. The molecule has 0 unspecified atom stereocenters. The predicted octanol–water partition coefficient (Wildman–Crippen LogP) is 3.23. The van der Waals surface area contributed by atoms with E-state index in [-0.39, 0.29) is 0 Å². The molecule has 5 heteroatoms. The van der Waals surface area contributed by atoms with Crippen molar-refractivity contribution in [2.24, 2.45) is 0 Å². The Labute approximate surface area is 126 Å². The zero-order chi connectivity index (χ0) is 15.8. The lowest BCUT2D eigenvalue weighted by Gasteiger charge is -2.34. The molecule has 2 aromatic rings. The minimum absolute atomic E-state index is 0.323. The second-order valence-electron chi connectivity index (χ2n) is 5.88. The molecule has 0 aromatic heterocycles. The molecule has 0 saturated heterocycles. The Hall–Kier alpha value is -1.59. The smallest absolute Gasteiger partial charge is 0.243 e. The summed E-state index contributed by atoms with van der Waals surface area (Å²) < 4.78 is 27.3. The second-order valence-corrected chi connectivity index (χ2v) is 7.81. The number of nitrogens with two attached hydrogens (primary N) is 1. The lowest BCUT2D eigenvalue weighted by atomic mass is 10.0. The van der Waals surface area contributed by atoms with Gasteiger partial charge in [-0.25, -0.2) is 8.42 Å². The zero-order valence-electron chi connectivity index (χ0n) is 12.9. The van der Waals surface area contributed by atoms with E-state index < -0.39 is 15.6 Å². The summed E-state index contributed by atoms with van der Waals surface area (Å²) in [5.41, 5.74) is 5.96. The van der Waals surface area contributed by atoms with Gasteiger partial charge in [0.05, 0.1) is 4.90 Å². The molecule has 0 amide bonds. The fraction of sp³-hybridized carbons (Fsp3) is 0.375. The summed E-state index contributed by atoms with van der Waals surface area (Å²) in [6, 6.07) is 10.6. The molecule has 2 aromatic carbocycles. The van der Waals surface area contributed by atoms with Gasteiger partial charge in [-0.2, -0.15) is 4.31 Å². The Kier molecular flexibility index (Phi) is 4.00. The van der Waals surface area contributed by atoms with Gasteiger partial charge in [0, 0.05) is 23.7 Å². The van der Waals surface area contributed by atoms with Crippen molar-refractivity contribution < 1.29 is 8.42 Å². The quantitative estimate of drug-likeness (QED) is 0.882. The van der Waals surface area contributed by atoms with E-state index in [4.69, 9.17) is 5.73 Å². The first-order valence-electron chi connectivity index (χ1n) is 6.97. The number of hydrogen-bond acceptors (Lipinski definition) is 3. The van der Waals surface area contributed by atoms with Crippen LogP contribution >= 0.6 is 0 Å². The molecule has 0 aliphatic heterocycles.